The number of amides is 1. The second-order valence-electron chi connectivity index (χ2n) is 9.30. The van der Waals surface area contributed by atoms with Crippen molar-refractivity contribution < 1.29 is 28.2 Å². The van der Waals surface area contributed by atoms with E-state index in [2.05, 4.69) is 0 Å². The minimum Gasteiger partial charge on any atom is -0.502 e. The number of halogens is 2. The summed E-state index contributed by atoms with van der Waals surface area (Å²) in [6.45, 7) is 1.61. The number of rotatable bonds is 6. The van der Waals surface area contributed by atoms with Crippen LogP contribution < -0.4 is 10.4 Å². The number of hydrogen-bond acceptors (Lipinski definition) is 6. The molecule has 2 fully saturated rings. The fourth-order valence-electron chi connectivity index (χ4n) is 5.25. The van der Waals surface area contributed by atoms with Crippen molar-refractivity contribution in [1.82, 2.24) is 9.58 Å². The van der Waals surface area contributed by atoms with Gasteiger partial charge < -0.3 is 14.7 Å². The number of Topliss-reactive ketones (excluding diaryl/α,β-unsaturated/α-hetero) is 1. The van der Waals surface area contributed by atoms with Crippen molar-refractivity contribution in [2.75, 3.05) is 24.7 Å². The number of nitrogens with zero attached hydrogens (tertiary/aromatic N) is 3. The molecule has 0 radical (unpaired) electrons. The first-order valence-electron chi connectivity index (χ1n) is 12.0. The Bertz CT molecular complexity index is 1220. The maximum absolute atomic E-state index is 14.0. The second-order valence-corrected chi connectivity index (χ2v) is 9.30. The van der Waals surface area contributed by atoms with Gasteiger partial charge in [0.15, 0.2) is 17.2 Å². The molecule has 5 rings (SSSR count). The summed E-state index contributed by atoms with van der Waals surface area (Å²) in [6, 6.07) is 3.10. The maximum atomic E-state index is 14.0. The molecule has 1 amide bonds. The lowest BCUT2D eigenvalue weighted by Gasteiger charge is -2.49. The van der Waals surface area contributed by atoms with Gasteiger partial charge in [0.1, 0.15) is 17.8 Å². The minimum absolute atomic E-state index is 0.0344. The van der Waals surface area contributed by atoms with Crippen molar-refractivity contribution in [1.29, 1.82) is 0 Å². The molecular formula is C25H27F2N3O5. The van der Waals surface area contributed by atoms with Crippen molar-refractivity contribution in [2.45, 2.75) is 57.2 Å². The lowest BCUT2D eigenvalue weighted by atomic mass is 10.0. The average molecular weight is 488 g/mol. The lowest BCUT2D eigenvalue weighted by Crippen LogP contribution is -2.64. The lowest BCUT2D eigenvalue weighted by molar-refractivity contribution is 0.0259. The molecular weight excluding hydrogens is 460 g/mol. The first-order chi connectivity index (χ1) is 16.8. The van der Waals surface area contributed by atoms with Gasteiger partial charge in [-0.15, -0.1) is 0 Å². The Kier molecular flexibility index (Phi) is 6.31. The third-order valence-corrected chi connectivity index (χ3v) is 7.07. The zero-order chi connectivity index (χ0) is 24.7. The summed E-state index contributed by atoms with van der Waals surface area (Å²) >= 11 is 0. The smallest absolute Gasteiger partial charge is 0.278 e. The monoisotopic (exact) mass is 487 g/mol. The molecule has 0 spiro atoms. The number of carbonyl (C=O) groups excluding carboxylic acids is 2. The van der Waals surface area contributed by atoms with E-state index < -0.39 is 34.5 Å². The number of ether oxygens (including phenoxy) is 1. The molecule has 1 N–H and O–H groups in total. The molecule has 1 aromatic carbocycles. The number of aryl methyl sites for hydroxylation is 1. The van der Waals surface area contributed by atoms with E-state index in [1.165, 1.54) is 16.9 Å². The van der Waals surface area contributed by atoms with Gasteiger partial charge in [0.25, 0.3) is 5.91 Å². The molecule has 10 heteroatoms. The molecule has 0 aliphatic carbocycles. The zero-order valence-electron chi connectivity index (χ0n) is 19.2. The fraction of sp³-hybridized carbons (Fsp3) is 0.480. The van der Waals surface area contributed by atoms with Crippen LogP contribution in [0.3, 0.4) is 0 Å². The van der Waals surface area contributed by atoms with E-state index in [1.807, 2.05) is 5.01 Å². The Hall–Kier alpha value is -3.27. The van der Waals surface area contributed by atoms with Crippen molar-refractivity contribution in [3.05, 3.63) is 63.1 Å². The summed E-state index contributed by atoms with van der Waals surface area (Å²) in [4.78, 5) is 41.0. The van der Waals surface area contributed by atoms with E-state index in [0.29, 0.717) is 19.7 Å². The first kappa shape index (κ1) is 23.5. The second kappa shape index (κ2) is 9.41. The highest BCUT2D eigenvalue weighted by Gasteiger charge is 2.42. The molecule has 2 aromatic rings. The fourth-order valence-corrected chi connectivity index (χ4v) is 5.25. The van der Waals surface area contributed by atoms with Crippen molar-refractivity contribution in [3.8, 4) is 5.75 Å². The molecule has 35 heavy (non-hydrogen) atoms. The highest BCUT2D eigenvalue weighted by molar-refractivity contribution is 6.00. The van der Waals surface area contributed by atoms with Crippen LogP contribution >= 0.6 is 0 Å². The van der Waals surface area contributed by atoms with Crippen molar-refractivity contribution in [2.24, 2.45) is 0 Å². The van der Waals surface area contributed by atoms with Crippen LogP contribution in [0.25, 0.3) is 0 Å². The van der Waals surface area contributed by atoms with Gasteiger partial charge in [-0.25, -0.2) is 8.78 Å². The van der Waals surface area contributed by atoms with Crippen LogP contribution in [0.15, 0.2) is 29.2 Å². The summed E-state index contributed by atoms with van der Waals surface area (Å²) in [5, 5.41) is 12.7. The molecule has 186 valence electrons. The van der Waals surface area contributed by atoms with E-state index in [-0.39, 0.29) is 41.9 Å². The standard InChI is InChI=1S/C25H27F2N3O5/c26-16-8-6-15(19(27)12-16)7-9-20(31)18-14-30-22(24(33)23(18)32)25(34)28(13-17-4-3-11-35-17)21-5-1-2-10-29(21)30/h6,8,12,14,17,21,33H,1-5,7,9-11,13H2/t17-,21+/m1/s1. The topological polar surface area (TPSA) is 92.1 Å². The van der Waals surface area contributed by atoms with Crippen molar-refractivity contribution >= 4 is 11.7 Å². The summed E-state index contributed by atoms with van der Waals surface area (Å²) in [7, 11) is 0. The number of aromatic hydroxyl groups is 1. The number of carbonyl (C=O) groups is 2. The van der Waals surface area contributed by atoms with Crippen molar-refractivity contribution in [3.63, 3.8) is 0 Å². The molecule has 0 unspecified atom stereocenters. The minimum atomic E-state index is -0.929. The number of piperidine rings is 1. The predicted molar refractivity (Wildman–Crippen MR) is 122 cm³/mol. The summed E-state index contributed by atoms with van der Waals surface area (Å²) < 4.78 is 34.3. The quantitative estimate of drug-likeness (QED) is 0.630. The van der Waals surface area contributed by atoms with Gasteiger partial charge in [-0.3, -0.25) is 24.1 Å². The molecule has 4 heterocycles. The van der Waals surface area contributed by atoms with Crippen LogP contribution in [-0.4, -0.2) is 58.3 Å². The van der Waals surface area contributed by atoms with Crippen LogP contribution in [-0.2, 0) is 11.2 Å². The Morgan fingerprint density at radius 1 is 1.14 bits per heavy atom. The SMILES string of the molecule is O=C(CCc1ccc(F)cc1F)c1cn2c(c(O)c1=O)C(=O)N(C[C@H]1CCCO1)[C@@H]1CCCCN12. The summed E-state index contributed by atoms with van der Waals surface area (Å²) in [6.07, 6.45) is 4.99. The van der Waals surface area contributed by atoms with Gasteiger partial charge in [-0.2, -0.15) is 0 Å². The van der Waals surface area contributed by atoms with Gasteiger partial charge in [-0.05, 0) is 50.2 Å². The highest BCUT2D eigenvalue weighted by atomic mass is 19.1. The van der Waals surface area contributed by atoms with Crippen LogP contribution in [0.5, 0.6) is 5.75 Å². The van der Waals surface area contributed by atoms with Crippen LogP contribution in [0.2, 0.25) is 0 Å². The van der Waals surface area contributed by atoms with Gasteiger partial charge in [-0.1, -0.05) is 6.07 Å². The van der Waals surface area contributed by atoms with Gasteiger partial charge in [0.2, 0.25) is 5.43 Å². The maximum Gasteiger partial charge on any atom is 0.278 e. The highest BCUT2D eigenvalue weighted by Crippen LogP contribution is 2.31. The van der Waals surface area contributed by atoms with Crippen LogP contribution in [0, 0.1) is 11.6 Å². The average Bonchev–Trinajstić information content (AvgIpc) is 3.36. The Labute approximate surface area is 200 Å². The third-order valence-electron chi connectivity index (χ3n) is 7.07. The number of hydrogen-bond donors (Lipinski definition) is 1. The zero-order valence-corrected chi connectivity index (χ0v) is 19.2. The van der Waals surface area contributed by atoms with Gasteiger partial charge >= 0.3 is 0 Å². The molecule has 8 nitrogen and oxygen atoms in total. The molecule has 0 saturated carbocycles. The molecule has 0 bridgehead atoms. The number of benzene rings is 1. The molecule has 2 saturated heterocycles. The molecule has 2 atom stereocenters. The van der Waals surface area contributed by atoms with E-state index in [1.54, 1.807) is 4.90 Å². The van der Waals surface area contributed by atoms with E-state index in [4.69, 9.17) is 4.74 Å². The number of ketones is 1. The van der Waals surface area contributed by atoms with Gasteiger partial charge in [0, 0.05) is 38.4 Å². The summed E-state index contributed by atoms with van der Waals surface area (Å²) in [5.41, 5.74) is -1.20. The van der Waals surface area contributed by atoms with E-state index in [0.717, 1.165) is 44.2 Å². The molecule has 3 aliphatic rings. The van der Waals surface area contributed by atoms with Crippen LogP contribution in [0.4, 0.5) is 8.78 Å². The number of pyridine rings is 1. The Balaban J connectivity index is 1.46. The normalized spacial score (nSPS) is 21.7. The number of aromatic nitrogens is 1. The first-order valence-corrected chi connectivity index (χ1v) is 12.0. The Morgan fingerprint density at radius 3 is 2.71 bits per heavy atom. The molecule has 3 aliphatic heterocycles. The van der Waals surface area contributed by atoms with E-state index in [9.17, 15) is 28.3 Å². The summed E-state index contributed by atoms with van der Waals surface area (Å²) in [5.74, 6) is -3.31. The number of fused-ring (bicyclic) bond motifs is 3. The Morgan fingerprint density at radius 2 is 1.97 bits per heavy atom. The third kappa shape index (κ3) is 4.31. The molecule has 1 aromatic heterocycles. The van der Waals surface area contributed by atoms with E-state index >= 15 is 0 Å². The largest absolute Gasteiger partial charge is 0.502 e. The predicted octanol–water partition coefficient (Wildman–Crippen LogP) is 2.73. The van der Waals surface area contributed by atoms with Crippen LogP contribution in [0.1, 0.15) is 64.9 Å². The van der Waals surface area contributed by atoms with Gasteiger partial charge in [0.05, 0.1) is 11.7 Å².